The molecule has 1 amide bonds. The molecule has 0 spiro atoms. The lowest BCUT2D eigenvalue weighted by molar-refractivity contribution is -0.142. The summed E-state index contributed by atoms with van der Waals surface area (Å²) in [6.07, 6.45) is -3.09. The molecule has 1 fully saturated rings. The maximum Gasteiger partial charge on any atom is 0.433 e. The second-order valence-electron chi connectivity index (χ2n) is 6.22. The van der Waals surface area contributed by atoms with Gasteiger partial charge in [-0.1, -0.05) is 15.9 Å². The van der Waals surface area contributed by atoms with E-state index >= 15 is 0 Å². The van der Waals surface area contributed by atoms with E-state index in [4.69, 9.17) is 0 Å². The maximum atomic E-state index is 13.9. The minimum Gasteiger partial charge on any atom is -0.318 e. The first-order valence-corrected chi connectivity index (χ1v) is 8.76. The Bertz CT molecular complexity index is 1060. The molecule has 1 aliphatic carbocycles. The van der Waals surface area contributed by atoms with E-state index in [-0.39, 0.29) is 22.9 Å². The first kappa shape index (κ1) is 17.9. The Morgan fingerprint density at radius 2 is 1.96 bits per heavy atom. The van der Waals surface area contributed by atoms with Gasteiger partial charge in [0.05, 0.1) is 5.69 Å². The lowest BCUT2D eigenvalue weighted by Crippen LogP contribution is -2.16. The van der Waals surface area contributed by atoms with Crippen molar-refractivity contribution in [3.8, 4) is 0 Å². The number of amides is 1. The highest BCUT2D eigenvalue weighted by Crippen LogP contribution is 2.41. The Hall–Kier alpha value is -2.49. The normalized spacial score (nSPS) is 14.6. The number of anilines is 1. The molecule has 4 rings (SSSR count). The molecular formula is C17H11BrF4N4O. The van der Waals surface area contributed by atoms with E-state index < -0.39 is 23.6 Å². The number of carbonyl (C=O) groups is 1. The molecule has 0 radical (unpaired) electrons. The Labute approximate surface area is 158 Å². The number of alkyl halides is 3. The third-order valence-corrected chi connectivity index (χ3v) is 4.64. The van der Waals surface area contributed by atoms with E-state index in [1.165, 1.54) is 12.1 Å². The summed E-state index contributed by atoms with van der Waals surface area (Å²) in [4.78, 5) is 16.5. The van der Waals surface area contributed by atoms with E-state index in [1.54, 1.807) is 0 Å². The zero-order chi connectivity index (χ0) is 19.3. The van der Waals surface area contributed by atoms with Crippen molar-refractivity contribution in [2.75, 3.05) is 5.32 Å². The van der Waals surface area contributed by atoms with Crippen LogP contribution in [0.2, 0.25) is 0 Å². The summed E-state index contributed by atoms with van der Waals surface area (Å²) in [5.41, 5.74) is -1.14. The number of benzene rings is 1. The van der Waals surface area contributed by atoms with Gasteiger partial charge in [0, 0.05) is 22.2 Å². The van der Waals surface area contributed by atoms with Crippen LogP contribution in [-0.2, 0) is 6.18 Å². The Balaban J connectivity index is 1.73. The fourth-order valence-electron chi connectivity index (χ4n) is 2.67. The summed E-state index contributed by atoms with van der Waals surface area (Å²) in [5, 5.41) is 6.04. The highest BCUT2D eigenvalue weighted by Gasteiger charge is 2.37. The van der Waals surface area contributed by atoms with E-state index in [9.17, 15) is 22.4 Å². The van der Waals surface area contributed by atoms with Gasteiger partial charge in [0.1, 0.15) is 11.5 Å². The number of nitrogens with one attached hydrogen (secondary N) is 1. The minimum absolute atomic E-state index is 0.000128. The van der Waals surface area contributed by atoms with Crippen LogP contribution >= 0.6 is 15.9 Å². The molecule has 1 saturated carbocycles. The molecule has 10 heteroatoms. The van der Waals surface area contributed by atoms with Crippen molar-refractivity contribution in [1.82, 2.24) is 14.6 Å². The average Bonchev–Trinajstić information content (AvgIpc) is 3.34. The molecule has 1 N–H and O–H groups in total. The van der Waals surface area contributed by atoms with E-state index in [2.05, 4.69) is 31.3 Å². The molecule has 0 saturated heterocycles. The Kier molecular flexibility index (Phi) is 4.17. The fraction of sp³-hybridized carbons (Fsp3) is 0.235. The Morgan fingerprint density at radius 1 is 1.22 bits per heavy atom. The number of fused-ring (bicyclic) bond motifs is 1. The SMILES string of the molecule is O=C(Nc1ccc(Br)cc1F)c1cc2nc(C3CC3)cc(C(F)(F)F)n2n1. The summed E-state index contributed by atoms with van der Waals surface area (Å²) in [5.74, 6) is -1.52. The topological polar surface area (TPSA) is 59.3 Å². The lowest BCUT2D eigenvalue weighted by atomic mass is 10.2. The molecule has 0 atom stereocenters. The molecule has 2 heterocycles. The van der Waals surface area contributed by atoms with Crippen LogP contribution in [0.4, 0.5) is 23.2 Å². The van der Waals surface area contributed by atoms with Gasteiger partial charge in [-0.15, -0.1) is 0 Å². The number of hydrogen-bond acceptors (Lipinski definition) is 3. The number of hydrogen-bond donors (Lipinski definition) is 1. The monoisotopic (exact) mass is 442 g/mol. The van der Waals surface area contributed by atoms with Gasteiger partial charge in [-0.3, -0.25) is 4.79 Å². The van der Waals surface area contributed by atoms with Crippen LogP contribution in [0, 0.1) is 5.82 Å². The minimum atomic E-state index is -4.65. The van der Waals surface area contributed by atoms with Crippen molar-refractivity contribution in [2.24, 2.45) is 0 Å². The van der Waals surface area contributed by atoms with Crippen LogP contribution in [0.1, 0.15) is 40.6 Å². The summed E-state index contributed by atoms with van der Waals surface area (Å²) >= 11 is 3.10. The molecular weight excluding hydrogens is 432 g/mol. The number of carbonyl (C=O) groups excluding carboxylic acids is 1. The van der Waals surface area contributed by atoms with Crippen LogP contribution in [0.3, 0.4) is 0 Å². The van der Waals surface area contributed by atoms with Crippen LogP contribution in [0.15, 0.2) is 34.8 Å². The number of aromatic nitrogens is 3. The van der Waals surface area contributed by atoms with Crippen LogP contribution < -0.4 is 5.32 Å². The van der Waals surface area contributed by atoms with Crippen molar-refractivity contribution >= 4 is 33.2 Å². The smallest absolute Gasteiger partial charge is 0.318 e. The summed E-state index contributed by atoms with van der Waals surface area (Å²) in [7, 11) is 0. The highest BCUT2D eigenvalue weighted by molar-refractivity contribution is 9.10. The molecule has 140 valence electrons. The standard InChI is InChI=1S/C17H11BrF4N4O/c18-9-3-4-11(10(19)5-9)24-16(27)13-7-15-23-12(8-1-2-8)6-14(17(20,21)22)26(15)25-13/h3-8H,1-2H2,(H,24,27). The number of rotatable bonds is 3. The molecule has 27 heavy (non-hydrogen) atoms. The third kappa shape index (κ3) is 3.53. The van der Waals surface area contributed by atoms with Crippen LogP contribution in [0.5, 0.6) is 0 Å². The van der Waals surface area contributed by atoms with Crippen molar-refractivity contribution in [2.45, 2.75) is 24.9 Å². The van der Waals surface area contributed by atoms with Crippen molar-refractivity contribution in [3.63, 3.8) is 0 Å². The molecule has 0 bridgehead atoms. The van der Waals surface area contributed by atoms with E-state index in [0.29, 0.717) is 14.7 Å². The summed E-state index contributed by atoms with van der Waals surface area (Å²) in [6.45, 7) is 0. The molecule has 1 aromatic carbocycles. The quantitative estimate of drug-likeness (QED) is 0.593. The molecule has 2 aromatic heterocycles. The van der Waals surface area contributed by atoms with Gasteiger partial charge in [-0.05, 0) is 37.1 Å². The maximum absolute atomic E-state index is 13.9. The highest BCUT2D eigenvalue weighted by atomic mass is 79.9. The van der Waals surface area contributed by atoms with Crippen molar-refractivity contribution in [3.05, 3.63) is 57.7 Å². The van der Waals surface area contributed by atoms with Crippen molar-refractivity contribution < 1.29 is 22.4 Å². The van der Waals surface area contributed by atoms with Gasteiger partial charge in [0.2, 0.25) is 0 Å². The van der Waals surface area contributed by atoms with Gasteiger partial charge in [-0.25, -0.2) is 13.9 Å². The average molecular weight is 443 g/mol. The van der Waals surface area contributed by atoms with Crippen molar-refractivity contribution in [1.29, 1.82) is 0 Å². The zero-order valence-corrected chi connectivity index (χ0v) is 15.1. The first-order valence-electron chi connectivity index (χ1n) is 7.96. The van der Waals surface area contributed by atoms with E-state index in [1.807, 2.05) is 0 Å². The summed E-state index contributed by atoms with van der Waals surface area (Å²) in [6, 6.07) is 6.14. The lowest BCUT2D eigenvalue weighted by Gasteiger charge is -2.10. The zero-order valence-electron chi connectivity index (χ0n) is 13.5. The van der Waals surface area contributed by atoms with E-state index in [0.717, 1.165) is 31.0 Å². The molecule has 5 nitrogen and oxygen atoms in total. The fourth-order valence-corrected chi connectivity index (χ4v) is 3.01. The van der Waals surface area contributed by atoms with Gasteiger partial charge in [-0.2, -0.15) is 18.3 Å². The largest absolute Gasteiger partial charge is 0.433 e. The Morgan fingerprint density at radius 3 is 2.59 bits per heavy atom. The second kappa shape index (κ2) is 6.29. The molecule has 0 unspecified atom stereocenters. The van der Waals surface area contributed by atoms with Crippen LogP contribution in [-0.4, -0.2) is 20.5 Å². The first-order chi connectivity index (χ1) is 12.7. The van der Waals surface area contributed by atoms with Gasteiger partial charge in [0.25, 0.3) is 5.91 Å². The van der Waals surface area contributed by atoms with Crippen LogP contribution in [0.25, 0.3) is 5.65 Å². The number of nitrogens with zero attached hydrogens (tertiary/aromatic N) is 3. The van der Waals surface area contributed by atoms with Gasteiger partial charge >= 0.3 is 6.18 Å². The second-order valence-corrected chi connectivity index (χ2v) is 7.13. The predicted molar refractivity (Wildman–Crippen MR) is 92.0 cm³/mol. The van der Waals surface area contributed by atoms with Gasteiger partial charge in [0.15, 0.2) is 11.3 Å². The third-order valence-electron chi connectivity index (χ3n) is 4.15. The van der Waals surface area contributed by atoms with Gasteiger partial charge < -0.3 is 5.32 Å². The molecule has 0 aliphatic heterocycles. The number of halogens is 5. The molecule has 3 aromatic rings. The summed E-state index contributed by atoms with van der Waals surface area (Å²) < 4.78 is 55.1. The predicted octanol–water partition coefficient (Wildman–Crippen LogP) is 4.78. The molecule has 1 aliphatic rings.